The van der Waals surface area contributed by atoms with Crippen molar-refractivity contribution in [1.29, 1.82) is 0 Å². The molecule has 0 spiro atoms. The van der Waals surface area contributed by atoms with Gasteiger partial charge in [-0.3, -0.25) is 4.57 Å². The molecule has 1 aromatic rings. The Labute approximate surface area is 104 Å². The van der Waals surface area contributed by atoms with Gasteiger partial charge in [-0.1, -0.05) is 0 Å². The van der Waals surface area contributed by atoms with E-state index in [0.717, 1.165) is 12.8 Å². The molecule has 7 heteroatoms. The van der Waals surface area contributed by atoms with E-state index in [-0.39, 0.29) is 18.9 Å². The lowest BCUT2D eigenvalue weighted by molar-refractivity contribution is -0.0218. The molecule has 0 bridgehead atoms. The van der Waals surface area contributed by atoms with Crippen LogP contribution < -0.4 is 0 Å². The fourth-order valence-electron chi connectivity index (χ4n) is 2.32. The number of aliphatic hydroxyl groups excluding tert-OH is 2. The third-order valence-corrected chi connectivity index (χ3v) is 3.39. The summed E-state index contributed by atoms with van der Waals surface area (Å²) in [4.78, 5) is 10.1. The molecule has 0 radical (unpaired) electrons. The monoisotopic (exact) mass is 252 g/mol. The van der Waals surface area contributed by atoms with Crippen molar-refractivity contribution in [2.45, 2.75) is 31.4 Å². The van der Waals surface area contributed by atoms with Crippen molar-refractivity contribution in [2.24, 2.45) is 4.99 Å². The van der Waals surface area contributed by atoms with E-state index >= 15 is 0 Å². The Morgan fingerprint density at radius 3 is 3.06 bits per heavy atom. The zero-order valence-corrected chi connectivity index (χ0v) is 10.1. The van der Waals surface area contributed by atoms with Crippen LogP contribution in [0.3, 0.4) is 0 Å². The molecule has 3 rings (SSSR count). The highest BCUT2D eigenvalue weighted by Crippen LogP contribution is 2.36. The second-order valence-electron chi connectivity index (χ2n) is 4.62. The number of nitrogens with zero attached hydrogens (tertiary/aromatic N) is 4. The second kappa shape index (κ2) is 4.34. The minimum atomic E-state index is -0.770. The number of aliphatic imine (C=N–C) groups is 1. The van der Waals surface area contributed by atoms with Gasteiger partial charge in [-0.25, -0.2) is 9.98 Å². The van der Waals surface area contributed by atoms with E-state index in [0.29, 0.717) is 11.5 Å². The maximum Gasteiger partial charge on any atom is 0.174 e. The van der Waals surface area contributed by atoms with Gasteiger partial charge in [0.15, 0.2) is 12.0 Å². The molecule has 2 aliphatic rings. The van der Waals surface area contributed by atoms with E-state index in [1.165, 1.54) is 0 Å². The van der Waals surface area contributed by atoms with Crippen LogP contribution in [-0.2, 0) is 4.74 Å². The number of hydrogen-bond acceptors (Lipinski definition) is 6. The molecule has 0 aliphatic carbocycles. The molecule has 0 unspecified atom stereocenters. The highest BCUT2D eigenvalue weighted by Gasteiger charge is 2.31. The Hall–Kier alpha value is -1.44. The van der Waals surface area contributed by atoms with Crippen LogP contribution in [0, 0.1) is 0 Å². The van der Waals surface area contributed by atoms with Gasteiger partial charge >= 0.3 is 0 Å². The summed E-state index contributed by atoms with van der Waals surface area (Å²) in [6.07, 6.45) is 3.79. The summed E-state index contributed by atoms with van der Waals surface area (Å²) in [5, 5.41) is 19.0. The maximum absolute atomic E-state index is 9.96. The van der Waals surface area contributed by atoms with Crippen LogP contribution in [-0.4, -0.2) is 50.8 Å². The van der Waals surface area contributed by atoms with Crippen molar-refractivity contribution in [2.75, 3.05) is 13.7 Å². The largest absolute Gasteiger partial charge is 0.394 e. The van der Waals surface area contributed by atoms with E-state index in [1.807, 2.05) is 4.57 Å². The Bertz CT molecular complexity index is 473. The van der Waals surface area contributed by atoms with Gasteiger partial charge in [-0.05, 0) is 12.8 Å². The number of hydrogen-bond donors (Lipinski definition) is 2. The molecule has 0 aromatic carbocycles. The van der Waals surface area contributed by atoms with Crippen molar-refractivity contribution in [1.82, 2.24) is 14.5 Å². The first-order valence-corrected chi connectivity index (χ1v) is 5.98. The van der Waals surface area contributed by atoms with Crippen LogP contribution in [0.25, 0.3) is 0 Å². The van der Waals surface area contributed by atoms with Gasteiger partial charge in [0.05, 0.1) is 25.4 Å². The molecule has 0 saturated carbocycles. The summed E-state index contributed by atoms with van der Waals surface area (Å²) in [6, 6.07) is 0. The molecular weight excluding hydrogens is 236 g/mol. The summed E-state index contributed by atoms with van der Waals surface area (Å²) < 4.78 is 7.50. The molecule has 1 saturated heterocycles. The molecule has 1 fully saturated rings. The van der Waals surface area contributed by atoms with Crippen molar-refractivity contribution < 1.29 is 14.9 Å². The first-order valence-electron chi connectivity index (χ1n) is 5.98. The normalized spacial score (nSPS) is 30.8. The molecule has 0 amide bonds. The summed E-state index contributed by atoms with van der Waals surface area (Å²) in [5.74, 6) is 0.629. The number of fused-ring (bicyclic) bond motifs is 1. The van der Waals surface area contributed by atoms with Crippen LogP contribution in [0.1, 0.15) is 31.0 Å². The topological polar surface area (TPSA) is 83.1 Å². The minimum Gasteiger partial charge on any atom is -0.394 e. The third-order valence-electron chi connectivity index (χ3n) is 3.39. The standard InChI is InChI=1S/C11H16N4O3/c1-14-5-13-10-9(11(14)17)12-6-15(10)8-3-2-7(4-16)18-8/h5-8,11,16-17H,2-4H2,1H3/t7-,8-,11-/m0/s1. The van der Waals surface area contributed by atoms with E-state index in [1.54, 1.807) is 24.6 Å². The van der Waals surface area contributed by atoms with Gasteiger partial charge in [0.25, 0.3) is 0 Å². The number of rotatable bonds is 2. The lowest BCUT2D eigenvalue weighted by Crippen LogP contribution is -2.26. The molecule has 1 aromatic heterocycles. The summed E-state index contributed by atoms with van der Waals surface area (Å²) in [6.45, 7) is 0.0298. The molecule has 3 heterocycles. The van der Waals surface area contributed by atoms with Gasteiger partial charge in [0.1, 0.15) is 11.9 Å². The summed E-state index contributed by atoms with van der Waals surface area (Å²) in [5.41, 5.74) is 0.538. The average Bonchev–Trinajstić information content (AvgIpc) is 2.99. The summed E-state index contributed by atoms with van der Waals surface area (Å²) >= 11 is 0. The minimum absolute atomic E-state index is 0.0298. The van der Waals surface area contributed by atoms with Crippen LogP contribution in [0.2, 0.25) is 0 Å². The van der Waals surface area contributed by atoms with Gasteiger partial charge in [0, 0.05) is 7.05 Å². The van der Waals surface area contributed by atoms with Crippen molar-refractivity contribution in [3.8, 4) is 0 Å². The summed E-state index contributed by atoms with van der Waals surface area (Å²) in [7, 11) is 1.74. The predicted octanol–water partition coefficient (Wildman–Crippen LogP) is 0.149. The van der Waals surface area contributed by atoms with Gasteiger partial charge in [-0.2, -0.15) is 0 Å². The fraction of sp³-hybridized carbons (Fsp3) is 0.636. The van der Waals surface area contributed by atoms with Gasteiger partial charge in [-0.15, -0.1) is 0 Å². The first kappa shape index (κ1) is 11.6. The molecular formula is C11H16N4O3. The Morgan fingerprint density at radius 1 is 1.50 bits per heavy atom. The lowest BCUT2D eigenvalue weighted by Gasteiger charge is -2.24. The predicted molar refractivity (Wildman–Crippen MR) is 63.3 cm³/mol. The van der Waals surface area contributed by atoms with E-state index in [2.05, 4.69) is 9.98 Å². The molecule has 2 N–H and O–H groups in total. The molecule has 18 heavy (non-hydrogen) atoms. The molecule has 7 nitrogen and oxygen atoms in total. The van der Waals surface area contributed by atoms with E-state index in [4.69, 9.17) is 9.84 Å². The quantitative estimate of drug-likeness (QED) is 0.782. The number of ether oxygens (including phenoxy) is 1. The Morgan fingerprint density at radius 2 is 2.33 bits per heavy atom. The van der Waals surface area contributed by atoms with Crippen molar-refractivity contribution >= 4 is 12.2 Å². The van der Waals surface area contributed by atoms with Gasteiger partial charge in [0.2, 0.25) is 0 Å². The van der Waals surface area contributed by atoms with Crippen LogP contribution in [0.15, 0.2) is 11.3 Å². The van der Waals surface area contributed by atoms with Crippen molar-refractivity contribution in [3.63, 3.8) is 0 Å². The third kappa shape index (κ3) is 1.71. The highest BCUT2D eigenvalue weighted by atomic mass is 16.5. The Balaban J connectivity index is 1.89. The molecule has 98 valence electrons. The van der Waals surface area contributed by atoms with Crippen LogP contribution >= 0.6 is 0 Å². The second-order valence-corrected chi connectivity index (χ2v) is 4.62. The van der Waals surface area contributed by atoms with Crippen LogP contribution in [0.5, 0.6) is 0 Å². The Kier molecular flexibility index (Phi) is 2.81. The smallest absolute Gasteiger partial charge is 0.174 e. The van der Waals surface area contributed by atoms with E-state index < -0.39 is 6.23 Å². The fourth-order valence-corrected chi connectivity index (χ4v) is 2.32. The number of imidazole rings is 1. The SMILES string of the molecule is CN1C=Nc2c(ncn2[C@@H]2CC[C@@H](CO)O2)[C@@H]1O. The average molecular weight is 252 g/mol. The maximum atomic E-state index is 9.96. The lowest BCUT2D eigenvalue weighted by atomic mass is 10.2. The van der Waals surface area contributed by atoms with E-state index in [9.17, 15) is 5.11 Å². The zero-order chi connectivity index (χ0) is 12.7. The van der Waals surface area contributed by atoms with Crippen molar-refractivity contribution in [3.05, 3.63) is 12.0 Å². The van der Waals surface area contributed by atoms with Gasteiger partial charge < -0.3 is 19.8 Å². The molecule has 2 aliphatic heterocycles. The highest BCUT2D eigenvalue weighted by molar-refractivity contribution is 5.64. The molecule has 3 atom stereocenters. The van der Waals surface area contributed by atoms with Crippen LogP contribution in [0.4, 0.5) is 5.82 Å². The number of aromatic nitrogens is 2. The number of aliphatic hydroxyl groups is 2. The first-order chi connectivity index (χ1) is 8.70. The zero-order valence-electron chi connectivity index (χ0n) is 10.1.